The average Bonchev–Trinajstić information content (AvgIpc) is 2.70. The minimum Gasteiger partial charge on any atom is -0.351 e. The molecule has 164 valence electrons. The lowest BCUT2D eigenvalue weighted by atomic mass is 10.2. The molecular weight excluding hydrogens is 422 g/mol. The van der Waals surface area contributed by atoms with E-state index in [4.69, 9.17) is 11.6 Å². The maximum absolute atomic E-state index is 13.1. The van der Waals surface area contributed by atoms with Crippen molar-refractivity contribution in [1.29, 1.82) is 0 Å². The predicted molar refractivity (Wildman–Crippen MR) is 123 cm³/mol. The number of sulfonamides is 1. The second-order valence-corrected chi connectivity index (χ2v) is 9.98. The van der Waals surface area contributed by atoms with Crippen LogP contribution in [0.1, 0.15) is 38.1 Å². The Bertz CT molecular complexity index is 955. The van der Waals surface area contributed by atoms with Gasteiger partial charge in [0.2, 0.25) is 0 Å². The van der Waals surface area contributed by atoms with E-state index in [0.717, 1.165) is 4.31 Å². The van der Waals surface area contributed by atoms with Crippen molar-refractivity contribution >= 4 is 33.2 Å². The second-order valence-electron chi connectivity index (χ2n) is 7.63. The summed E-state index contributed by atoms with van der Waals surface area (Å²) in [6.07, 6.45) is 0. The molecule has 0 bridgehead atoms. The van der Waals surface area contributed by atoms with Crippen LogP contribution in [0, 0.1) is 0 Å². The molecule has 0 spiro atoms. The van der Waals surface area contributed by atoms with Crippen LogP contribution in [0.15, 0.2) is 53.4 Å². The Kier molecular flexibility index (Phi) is 8.29. The topological polar surface area (TPSA) is 69.7 Å². The molecule has 0 aromatic heterocycles. The van der Waals surface area contributed by atoms with Crippen molar-refractivity contribution in [3.8, 4) is 0 Å². The molecule has 0 fully saturated rings. The zero-order valence-corrected chi connectivity index (χ0v) is 19.7. The third-order valence-corrected chi connectivity index (χ3v) is 7.20. The van der Waals surface area contributed by atoms with Crippen molar-refractivity contribution in [2.75, 3.05) is 24.4 Å². The van der Waals surface area contributed by atoms with E-state index >= 15 is 0 Å². The van der Waals surface area contributed by atoms with Gasteiger partial charge in [0, 0.05) is 37.8 Å². The quantitative estimate of drug-likeness (QED) is 0.625. The molecule has 0 saturated carbocycles. The molecule has 8 heteroatoms. The van der Waals surface area contributed by atoms with Gasteiger partial charge in [0.15, 0.2) is 0 Å². The lowest BCUT2D eigenvalue weighted by Crippen LogP contribution is -2.42. The van der Waals surface area contributed by atoms with E-state index in [1.807, 2.05) is 6.07 Å². The number of benzene rings is 2. The molecular formula is C22H30ClN3O3S. The Morgan fingerprint density at radius 2 is 1.63 bits per heavy atom. The molecule has 0 aliphatic rings. The van der Waals surface area contributed by atoms with E-state index in [9.17, 15) is 13.2 Å². The van der Waals surface area contributed by atoms with Crippen LogP contribution in [0.5, 0.6) is 0 Å². The SMILES string of the molecule is CC(C)N(CCNC(=O)c1ccc(Cl)c(S(=O)(=O)N(C)c2ccccc2)c1)C(C)C. The van der Waals surface area contributed by atoms with Crippen molar-refractivity contribution in [2.24, 2.45) is 0 Å². The minimum absolute atomic E-state index is 0.0696. The normalized spacial score (nSPS) is 11.9. The molecule has 0 aliphatic carbocycles. The van der Waals surface area contributed by atoms with Gasteiger partial charge in [-0.3, -0.25) is 14.0 Å². The first kappa shape index (κ1) is 24.2. The van der Waals surface area contributed by atoms with Gasteiger partial charge in [-0.05, 0) is 58.0 Å². The van der Waals surface area contributed by atoms with Crippen LogP contribution in [-0.2, 0) is 10.0 Å². The molecule has 0 heterocycles. The van der Waals surface area contributed by atoms with Gasteiger partial charge in [-0.15, -0.1) is 0 Å². The average molecular weight is 452 g/mol. The number of hydrogen-bond acceptors (Lipinski definition) is 4. The van der Waals surface area contributed by atoms with Crippen LogP contribution in [0.2, 0.25) is 5.02 Å². The summed E-state index contributed by atoms with van der Waals surface area (Å²) in [5.41, 5.74) is 0.756. The molecule has 1 N–H and O–H groups in total. The summed E-state index contributed by atoms with van der Waals surface area (Å²) in [5.74, 6) is -0.335. The molecule has 30 heavy (non-hydrogen) atoms. The van der Waals surface area contributed by atoms with E-state index < -0.39 is 10.0 Å². The van der Waals surface area contributed by atoms with Crippen LogP contribution < -0.4 is 9.62 Å². The van der Waals surface area contributed by atoms with Gasteiger partial charge >= 0.3 is 0 Å². The van der Waals surface area contributed by atoms with E-state index in [1.165, 1.54) is 25.2 Å². The summed E-state index contributed by atoms with van der Waals surface area (Å²) in [6.45, 7) is 9.62. The minimum atomic E-state index is -3.92. The zero-order valence-electron chi connectivity index (χ0n) is 18.1. The van der Waals surface area contributed by atoms with Crippen molar-refractivity contribution in [3.63, 3.8) is 0 Å². The monoisotopic (exact) mass is 451 g/mol. The van der Waals surface area contributed by atoms with Crippen LogP contribution in [-0.4, -0.2) is 51.4 Å². The van der Waals surface area contributed by atoms with Crippen molar-refractivity contribution < 1.29 is 13.2 Å². The summed E-state index contributed by atoms with van der Waals surface area (Å²) in [7, 11) is -2.46. The number of nitrogens with zero attached hydrogens (tertiary/aromatic N) is 2. The summed E-state index contributed by atoms with van der Waals surface area (Å²) >= 11 is 6.19. The highest BCUT2D eigenvalue weighted by molar-refractivity contribution is 7.93. The molecule has 1 amide bonds. The smallest absolute Gasteiger partial charge is 0.265 e. The Hall–Kier alpha value is -2.09. The number of hydrogen-bond donors (Lipinski definition) is 1. The number of anilines is 1. The highest BCUT2D eigenvalue weighted by Gasteiger charge is 2.25. The summed E-state index contributed by atoms with van der Waals surface area (Å²) < 4.78 is 27.3. The standard InChI is InChI=1S/C22H30ClN3O3S/c1-16(2)26(17(3)4)14-13-24-22(27)18-11-12-20(23)21(15-18)30(28,29)25(5)19-9-7-6-8-10-19/h6-12,15-17H,13-14H2,1-5H3,(H,24,27). The fourth-order valence-corrected chi connectivity index (χ4v) is 4.97. The second kappa shape index (κ2) is 10.3. The summed E-state index contributed by atoms with van der Waals surface area (Å²) in [5, 5.41) is 2.94. The largest absolute Gasteiger partial charge is 0.351 e. The fourth-order valence-electron chi connectivity index (χ4n) is 3.28. The van der Waals surface area contributed by atoms with Gasteiger partial charge in [-0.1, -0.05) is 29.8 Å². The Morgan fingerprint density at radius 1 is 1.03 bits per heavy atom. The summed E-state index contributed by atoms with van der Waals surface area (Å²) in [6, 6.07) is 13.7. The first-order valence-electron chi connectivity index (χ1n) is 9.93. The van der Waals surface area contributed by atoms with Gasteiger partial charge in [0.1, 0.15) is 4.90 Å². The fraction of sp³-hybridized carbons (Fsp3) is 0.409. The van der Waals surface area contributed by atoms with Crippen molar-refractivity contribution in [2.45, 2.75) is 44.7 Å². The summed E-state index contributed by atoms with van der Waals surface area (Å²) in [4.78, 5) is 14.8. The lowest BCUT2D eigenvalue weighted by molar-refractivity contribution is 0.0939. The number of nitrogens with one attached hydrogen (secondary N) is 1. The zero-order chi connectivity index (χ0) is 22.5. The van der Waals surface area contributed by atoms with Crippen LogP contribution >= 0.6 is 11.6 Å². The maximum Gasteiger partial charge on any atom is 0.265 e. The van der Waals surface area contributed by atoms with Gasteiger partial charge in [-0.2, -0.15) is 0 Å². The van der Waals surface area contributed by atoms with Crippen molar-refractivity contribution in [3.05, 3.63) is 59.1 Å². The van der Waals surface area contributed by atoms with E-state index in [-0.39, 0.29) is 21.4 Å². The molecule has 6 nitrogen and oxygen atoms in total. The van der Waals surface area contributed by atoms with Gasteiger partial charge < -0.3 is 5.32 Å². The van der Waals surface area contributed by atoms with E-state index in [0.29, 0.717) is 30.9 Å². The molecule has 0 unspecified atom stereocenters. The number of amides is 1. The highest BCUT2D eigenvalue weighted by Crippen LogP contribution is 2.28. The van der Waals surface area contributed by atoms with E-state index in [1.54, 1.807) is 24.3 Å². The number of para-hydroxylation sites is 1. The third kappa shape index (κ3) is 5.74. The molecule has 2 rings (SSSR count). The molecule has 2 aromatic carbocycles. The number of halogens is 1. The first-order chi connectivity index (χ1) is 14.1. The van der Waals surface area contributed by atoms with Crippen LogP contribution in [0.3, 0.4) is 0 Å². The third-order valence-electron chi connectivity index (χ3n) is 4.93. The number of rotatable bonds is 9. The number of carbonyl (C=O) groups excluding carboxylic acids is 1. The lowest BCUT2D eigenvalue weighted by Gasteiger charge is -2.30. The van der Waals surface area contributed by atoms with Gasteiger partial charge in [0.25, 0.3) is 15.9 Å². The molecule has 0 saturated heterocycles. The first-order valence-corrected chi connectivity index (χ1v) is 11.7. The van der Waals surface area contributed by atoms with Crippen molar-refractivity contribution in [1.82, 2.24) is 10.2 Å². The van der Waals surface area contributed by atoms with Crippen LogP contribution in [0.25, 0.3) is 0 Å². The Labute approximate surface area is 184 Å². The van der Waals surface area contributed by atoms with E-state index in [2.05, 4.69) is 37.9 Å². The van der Waals surface area contributed by atoms with Gasteiger partial charge in [-0.25, -0.2) is 8.42 Å². The Balaban J connectivity index is 2.19. The molecule has 0 radical (unpaired) electrons. The molecule has 0 atom stereocenters. The Morgan fingerprint density at radius 3 is 2.20 bits per heavy atom. The molecule has 0 aliphatic heterocycles. The maximum atomic E-state index is 13.1. The molecule has 2 aromatic rings. The number of carbonyl (C=O) groups is 1. The van der Waals surface area contributed by atoms with Crippen LogP contribution in [0.4, 0.5) is 5.69 Å². The highest BCUT2D eigenvalue weighted by atomic mass is 35.5. The predicted octanol–water partition coefficient (Wildman–Crippen LogP) is 4.01. The van der Waals surface area contributed by atoms with Gasteiger partial charge in [0.05, 0.1) is 10.7 Å².